The van der Waals surface area contributed by atoms with Gasteiger partial charge >= 0.3 is 18.0 Å². The van der Waals surface area contributed by atoms with E-state index in [1.54, 1.807) is 41.5 Å². The molecular formula is C29H43N5O8. The second kappa shape index (κ2) is 15.2. The lowest BCUT2D eigenvalue weighted by atomic mass is 9.93. The number of nitrogens with zero attached hydrogens (tertiary/aromatic N) is 3. The Labute approximate surface area is 246 Å². The smallest absolute Gasteiger partial charge is 0.434 e. The number of rotatable bonds is 14. The number of hydrogen-bond acceptors (Lipinski definition) is 9. The fourth-order valence-electron chi connectivity index (χ4n) is 3.92. The van der Waals surface area contributed by atoms with Crippen LogP contribution in [0.2, 0.25) is 0 Å². The Morgan fingerprint density at radius 1 is 1.05 bits per heavy atom. The maximum Gasteiger partial charge on any atom is 0.434 e. The van der Waals surface area contributed by atoms with Crippen molar-refractivity contribution in [1.82, 2.24) is 20.2 Å². The third-order valence-corrected chi connectivity index (χ3v) is 5.77. The van der Waals surface area contributed by atoms with Crippen molar-refractivity contribution in [3.63, 3.8) is 0 Å². The van der Waals surface area contributed by atoms with Crippen molar-refractivity contribution in [3.8, 4) is 5.75 Å². The number of aryl methyl sites for hydroxylation is 1. The predicted molar refractivity (Wildman–Crippen MR) is 155 cm³/mol. The van der Waals surface area contributed by atoms with Crippen molar-refractivity contribution in [2.24, 2.45) is 5.92 Å². The number of alkyl carbamates (subject to hydrolysis) is 1. The number of esters is 1. The van der Waals surface area contributed by atoms with E-state index in [9.17, 15) is 24.5 Å². The van der Waals surface area contributed by atoms with Crippen LogP contribution in [0, 0.1) is 23.0 Å². The van der Waals surface area contributed by atoms with Gasteiger partial charge in [-0.3, -0.25) is 4.79 Å². The van der Waals surface area contributed by atoms with E-state index in [4.69, 9.17) is 14.2 Å². The largest absolute Gasteiger partial charge is 0.494 e. The summed E-state index contributed by atoms with van der Waals surface area (Å²) < 4.78 is 18.0. The minimum atomic E-state index is -1.16. The Bertz CT molecular complexity index is 1200. The van der Waals surface area contributed by atoms with Gasteiger partial charge in [-0.2, -0.15) is 0 Å². The number of carbonyl (C=O) groups is 3. The van der Waals surface area contributed by atoms with Crippen LogP contribution in [-0.4, -0.2) is 62.8 Å². The number of carbonyl (C=O) groups excluding carboxylic acids is 3. The first-order chi connectivity index (χ1) is 19.5. The monoisotopic (exact) mass is 589 g/mol. The van der Waals surface area contributed by atoms with Gasteiger partial charge < -0.3 is 35.0 Å². The maximum atomic E-state index is 13.3. The molecule has 1 heterocycles. The molecule has 2 amide bonds. The van der Waals surface area contributed by atoms with Crippen LogP contribution < -0.4 is 15.4 Å². The number of nitrogens with one attached hydrogen (secondary N) is 2. The molecule has 0 bridgehead atoms. The van der Waals surface area contributed by atoms with Crippen LogP contribution in [0.3, 0.4) is 0 Å². The summed E-state index contributed by atoms with van der Waals surface area (Å²) in [5.74, 6) is -1.44. The summed E-state index contributed by atoms with van der Waals surface area (Å²) >= 11 is 0. The van der Waals surface area contributed by atoms with Crippen molar-refractivity contribution in [3.05, 3.63) is 52.3 Å². The van der Waals surface area contributed by atoms with Gasteiger partial charge in [-0.05, 0) is 84.8 Å². The highest BCUT2D eigenvalue weighted by molar-refractivity contribution is 5.84. The number of amides is 2. The van der Waals surface area contributed by atoms with E-state index in [-0.39, 0.29) is 31.4 Å². The second-order valence-electron chi connectivity index (χ2n) is 11.9. The topological polar surface area (TPSA) is 164 Å². The first kappa shape index (κ1) is 34.0. The Morgan fingerprint density at radius 2 is 1.69 bits per heavy atom. The first-order valence-corrected chi connectivity index (χ1v) is 13.9. The molecule has 1 aromatic carbocycles. The first-order valence-electron chi connectivity index (χ1n) is 13.9. The molecule has 0 radical (unpaired) electrons. The molecule has 232 valence electrons. The number of benzene rings is 1. The van der Waals surface area contributed by atoms with E-state index in [1.807, 2.05) is 31.2 Å². The molecule has 0 aliphatic carbocycles. The minimum Gasteiger partial charge on any atom is -0.494 e. The molecule has 0 saturated carbocycles. The van der Waals surface area contributed by atoms with Crippen LogP contribution >= 0.6 is 0 Å². The number of hydrogen-bond donors (Lipinski definition) is 2. The van der Waals surface area contributed by atoms with Gasteiger partial charge in [0.25, 0.3) is 0 Å². The van der Waals surface area contributed by atoms with Gasteiger partial charge in [0.15, 0.2) is 0 Å². The molecule has 2 unspecified atom stereocenters. The van der Waals surface area contributed by atoms with Crippen LogP contribution in [0.25, 0.3) is 0 Å². The summed E-state index contributed by atoms with van der Waals surface area (Å²) in [5.41, 5.74) is -0.530. The van der Waals surface area contributed by atoms with E-state index in [1.165, 1.54) is 17.0 Å². The Hall–Kier alpha value is -4.16. The molecule has 13 nitrogen and oxygen atoms in total. The third-order valence-electron chi connectivity index (χ3n) is 5.77. The van der Waals surface area contributed by atoms with Gasteiger partial charge in [0.05, 0.1) is 13.2 Å². The zero-order valence-corrected chi connectivity index (χ0v) is 25.5. The Morgan fingerprint density at radius 3 is 2.29 bits per heavy atom. The van der Waals surface area contributed by atoms with E-state index in [0.29, 0.717) is 25.2 Å². The predicted octanol–water partition coefficient (Wildman–Crippen LogP) is 4.32. The van der Waals surface area contributed by atoms with Crippen molar-refractivity contribution < 1.29 is 33.5 Å². The van der Waals surface area contributed by atoms with Crippen molar-refractivity contribution in [2.45, 2.75) is 91.5 Å². The average molecular weight is 590 g/mol. The minimum absolute atomic E-state index is 0.0598. The van der Waals surface area contributed by atoms with Crippen LogP contribution in [0.1, 0.15) is 66.4 Å². The molecule has 0 spiro atoms. The highest BCUT2D eigenvalue weighted by Gasteiger charge is 2.33. The molecule has 0 saturated heterocycles. The maximum absolute atomic E-state index is 13.3. The lowest BCUT2D eigenvalue weighted by molar-refractivity contribution is -0.396. The summed E-state index contributed by atoms with van der Waals surface area (Å²) in [7, 11) is 0. The Balaban J connectivity index is 2.15. The molecule has 2 N–H and O–H groups in total. The van der Waals surface area contributed by atoms with Crippen molar-refractivity contribution in [1.29, 1.82) is 0 Å². The van der Waals surface area contributed by atoms with E-state index < -0.39 is 40.1 Å². The molecule has 2 atom stereocenters. The molecule has 2 aromatic rings. The highest BCUT2D eigenvalue weighted by atomic mass is 16.6. The summed E-state index contributed by atoms with van der Waals surface area (Å²) in [6.45, 7) is 12.7. The van der Waals surface area contributed by atoms with Gasteiger partial charge in [-0.25, -0.2) is 14.2 Å². The average Bonchev–Trinajstić information content (AvgIpc) is 3.33. The molecule has 0 aliphatic rings. The Kier molecular flexibility index (Phi) is 12.3. The zero-order chi connectivity index (χ0) is 31.5. The van der Waals surface area contributed by atoms with Crippen LogP contribution in [0.5, 0.6) is 5.75 Å². The van der Waals surface area contributed by atoms with Gasteiger partial charge in [0, 0.05) is 12.5 Å². The molecule has 1 aromatic heterocycles. The van der Waals surface area contributed by atoms with Crippen molar-refractivity contribution in [2.75, 3.05) is 13.2 Å². The van der Waals surface area contributed by atoms with Gasteiger partial charge in [0.2, 0.25) is 5.91 Å². The SMILES string of the molecule is Cc1ccc(OCCCC(CC(NC(=O)OC(C)(C)C)C(=O)OC(C)(C)C)C(=O)NCCn2ccnc2[N+](=O)[O-])cc1. The fourth-order valence-corrected chi connectivity index (χ4v) is 3.92. The van der Waals surface area contributed by atoms with Crippen LogP contribution in [-0.2, 0) is 25.6 Å². The van der Waals surface area contributed by atoms with Crippen molar-refractivity contribution >= 4 is 23.9 Å². The standard InChI is InChI=1S/C29H43N5O8/c1-20-10-12-22(13-11-20)40-18-8-9-21(24(35)30-14-16-33-17-15-31-26(33)34(38)39)19-23(25(36)41-28(2,3)4)32-27(37)42-29(5,6)7/h10-13,15,17,21,23H,8-9,14,16,18-19H2,1-7H3,(H,30,35)(H,32,37). The highest BCUT2D eigenvalue weighted by Crippen LogP contribution is 2.20. The molecular weight excluding hydrogens is 546 g/mol. The molecule has 42 heavy (non-hydrogen) atoms. The fraction of sp³-hybridized carbons (Fsp3) is 0.586. The third kappa shape index (κ3) is 12.6. The number of aromatic nitrogens is 2. The van der Waals surface area contributed by atoms with Gasteiger partial charge in [0.1, 0.15) is 35.4 Å². The normalized spacial score (nSPS) is 13.0. The summed E-state index contributed by atoms with van der Waals surface area (Å²) in [6.07, 6.45) is 2.70. The lowest BCUT2D eigenvalue weighted by Gasteiger charge is -2.28. The molecule has 0 aliphatic heterocycles. The quantitative estimate of drug-likeness (QED) is 0.141. The van der Waals surface area contributed by atoms with E-state index in [0.717, 1.165) is 5.56 Å². The van der Waals surface area contributed by atoms with E-state index in [2.05, 4.69) is 15.6 Å². The lowest BCUT2D eigenvalue weighted by Crippen LogP contribution is -2.48. The summed E-state index contributed by atoms with van der Waals surface area (Å²) in [6, 6.07) is 6.42. The van der Waals surface area contributed by atoms with Crippen LogP contribution in [0.4, 0.5) is 10.7 Å². The molecule has 0 fully saturated rings. The number of imidazole rings is 1. The number of nitro groups is 1. The second-order valence-corrected chi connectivity index (χ2v) is 11.9. The van der Waals surface area contributed by atoms with Crippen LogP contribution in [0.15, 0.2) is 36.7 Å². The number of ether oxygens (including phenoxy) is 3. The summed E-state index contributed by atoms with van der Waals surface area (Å²) in [5, 5.41) is 16.5. The van der Waals surface area contributed by atoms with E-state index >= 15 is 0 Å². The van der Waals surface area contributed by atoms with Gasteiger partial charge in [-0.1, -0.05) is 22.7 Å². The van der Waals surface area contributed by atoms with Gasteiger partial charge in [-0.15, -0.1) is 0 Å². The molecule has 2 rings (SSSR count). The zero-order valence-electron chi connectivity index (χ0n) is 25.5. The summed E-state index contributed by atoms with van der Waals surface area (Å²) in [4.78, 5) is 53.3. The molecule has 13 heteroatoms.